The summed E-state index contributed by atoms with van der Waals surface area (Å²) >= 11 is 0. The predicted molar refractivity (Wildman–Crippen MR) is 95.9 cm³/mol. The van der Waals surface area contributed by atoms with Crippen LogP contribution in [0.2, 0.25) is 0 Å². The third-order valence-electron chi connectivity index (χ3n) is 4.49. The van der Waals surface area contributed by atoms with Gasteiger partial charge < -0.3 is 5.11 Å². The molecule has 0 aliphatic rings. The molecular weight excluding hydrogens is 256 g/mol. The van der Waals surface area contributed by atoms with Gasteiger partial charge in [-0.3, -0.25) is 0 Å². The first-order valence-electron chi connectivity index (χ1n) is 9.67. The molecule has 0 amide bonds. The molecule has 0 rings (SSSR count). The van der Waals surface area contributed by atoms with E-state index < -0.39 is 0 Å². The highest BCUT2D eigenvalue weighted by Gasteiger charge is 1.96. The molecule has 0 aliphatic carbocycles. The van der Waals surface area contributed by atoms with E-state index in [0.29, 0.717) is 0 Å². The van der Waals surface area contributed by atoms with Crippen LogP contribution in [0.15, 0.2) is 11.8 Å². The minimum absolute atomic E-state index is 0.995. The highest BCUT2D eigenvalue weighted by molar-refractivity contribution is 4.95. The number of unbranched alkanes of at least 4 members (excludes halogenated alkanes) is 13. The smallest absolute Gasteiger partial charge is 0.0783 e. The molecule has 0 aromatic rings. The fourth-order valence-electron chi connectivity index (χ4n) is 2.88. The largest absolute Gasteiger partial charge is 0.516 e. The maximum Gasteiger partial charge on any atom is 0.0783 e. The Morgan fingerprint density at radius 2 is 1.00 bits per heavy atom. The zero-order valence-electron chi connectivity index (χ0n) is 14.8. The second kappa shape index (κ2) is 17.6. The highest BCUT2D eigenvalue weighted by atomic mass is 16.2. The summed E-state index contributed by atoms with van der Waals surface area (Å²) in [7, 11) is 0. The van der Waals surface area contributed by atoms with Crippen molar-refractivity contribution in [1.82, 2.24) is 0 Å². The van der Waals surface area contributed by atoms with Crippen molar-refractivity contribution in [2.24, 2.45) is 0 Å². The van der Waals surface area contributed by atoms with E-state index >= 15 is 0 Å². The fraction of sp³-hybridized carbons (Fsp3) is 0.900. The second-order valence-corrected chi connectivity index (χ2v) is 6.49. The quantitative estimate of drug-likeness (QED) is 0.228. The molecule has 1 heteroatoms. The Kier molecular flexibility index (Phi) is 17.2. The monoisotopic (exact) mass is 296 g/mol. The Bertz CT molecular complexity index is 220. The molecule has 0 fully saturated rings. The summed E-state index contributed by atoms with van der Waals surface area (Å²) in [6.07, 6.45) is 23.1. The number of aliphatic hydroxyl groups excluding tert-OH is 1. The zero-order valence-corrected chi connectivity index (χ0v) is 14.8. The number of hydrogen-bond acceptors (Lipinski definition) is 1. The van der Waals surface area contributed by atoms with Gasteiger partial charge in [-0.2, -0.15) is 0 Å². The second-order valence-electron chi connectivity index (χ2n) is 6.49. The van der Waals surface area contributed by atoms with Gasteiger partial charge in [0.15, 0.2) is 0 Å². The molecule has 21 heavy (non-hydrogen) atoms. The van der Waals surface area contributed by atoms with Gasteiger partial charge >= 0.3 is 0 Å². The van der Waals surface area contributed by atoms with Crippen molar-refractivity contribution in [1.29, 1.82) is 0 Å². The Labute approximate surface area is 134 Å². The molecular formula is C20H40O. The average molecular weight is 297 g/mol. The van der Waals surface area contributed by atoms with Gasteiger partial charge in [-0.25, -0.2) is 0 Å². The first-order valence-corrected chi connectivity index (χ1v) is 9.67. The molecule has 0 radical (unpaired) electrons. The summed E-state index contributed by atoms with van der Waals surface area (Å²) in [6, 6.07) is 0. The van der Waals surface area contributed by atoms with E-state index in [-0.39, 0.29) is 0 Å². The van der Waals surface area contributed by atoms with E-state index in [1.807, 2.05) is 0 Å². The Hall–Kier alpha value is -0.460. The highest BCUT2D eigenvalue weighted by Crippen LogP contribution is 2.15. The molecule has 0 atom stereocenters. The molecule has 0 saturated carbocycles. The number of aliphatic hydroxyl groups is 1. The van der Waals surface area contributed by atoms with Crippen molar-refractivity contribution in [3.63, 3.8) is 0 Å². The summed E-state index contributed by atoms with van der Waals surface area (Å²) in [5, 5.41) is 8.97. The lowest BCUT2D eigenvalue weighted by Gasteiger charge is -2.04. The topological polar surface area (TPSA) is 20.2 Å². The maximum absolute atomic E-state index is 8.97. The first-order chi connectivity index (χ1) is 10.3. The summed E-state index contributed by atoms with van der Waals surface area (Å²) in [5.74, 6) is 0. The van der Waals surface area contributed by atoms with E-state index in [1.165, 1.54) is 102 Å². The van der Waals surface area contributed by atoms with Crippen LogP contribution in [-0.2, 0) is 0 Å². The first kappa shape index (κ1) is 20.5. The van der Waals surface area contributed by atoms with Gasteiger partial charge in [0.05, 0.1) is 6.26 Å². The van der Waals surface area contributed by atoms with Crippen LogP contribution in [0.3, 0.4) is 0 Å². The maximum atomic E-state index is 8.97. The van der Waals surface area contributed by atoms with Crippen molar-refractivity contribution in [3.05, 3.63) is 11.8 Å². The third-order valence-corrected chi connectivity index (χ3v) is 4.49. The molecule has 1 nitrogen and oxygen atoms in total. The van der Waals surface area contributed by atoms with Crippen LogP contribution in [0.5, 0.6) is 0 Å². The van der Waals surface area contributed by atoms with Crippen molar-refractivity contribution in [2.45, 2.75) is 117 Å². The third kappa shape index (κ3) is 15.7. The van der Waals surface area contributed by atoms with Crippen LogP contribution in [0, 0.1) is 0 Å². The molecule has 0 aromatic carbocycles. The van der Waals surface area contributed by atoms with Gasteiger partial charge in [0.2, 0.25) is 0 Å². The van der Waals surface area contributed by atoms with Gasteiger partial charge in [0, 0.05) is 0 Å². The molecule has 126 valence electrons. The normalized spacial score (nSPS) is 12.0. The van der Waals surface area contributed by atoms with E-state index in [4.69, 9.17) is 5.11 Å². The van der Waals surface area contributed by atoms with Gasteiger partial charge in [-0.1, -0.05) is 97.3 Å². The SMILES string of the molecule is CCCCCCCCCCCCCCCCC(=CO)CC. The minimum atomic E-state index is 0.995. The summed E-state index contributed by atoms with van der Waals surface area (Å²) in [6.45, 7) is 4.40. The average Bonchev–Trinajstić information content (AvgIpc) is 2.51. The minimum Gasteiger partial charge on any atom is -0.516 e. The van der Waals surface area contributed by atoms with E-state index in [1.54, 1.807) is 0 Å². The molecule has 0 aliphatic heterocycles. The predicted octanol–water partition coefficient (Wildman–Crippen LogP) is 7.71. The summed E-state index contributed by atoms with van der Waals surface area (Å²) < 4.78 is 0. The van der Waals surface area contributed by atoms with Crippen molar-refractivity contribution >= 4 is 0 Å². The number of allylic oxidation sites excluding steroid dienone is 1. The molecule has 1 N–H and O–H groups in total. The summed E-state index contributed by atoms with van der Waals surface area (Å²) in [5.41, 5.74) is 1.20. The summed E-state index contributed by atoms with van der Waals surface area (Å²) in [4.78, 5) is 0. The van der Waals surface area contributed by atoms with Gasteiger partial charge in [0.25, 0.3) is 0 Å². The zero-order chi connectivity index (χ0) is 15.6. The van der Waals surface area contributed by atoms with E-state index in [2.05, 4.69) is 13.8 Å². The molecule has 0 heterocycles. The van der Waals surface area contributed by atoms with Crippen LogP contribution in [0.4, 0.5) is 0 Å². The molecule has 0 aromatic heterocycles. The van der Waals surface area contributed by atoms with E-state index in [9.17, 15) is 0 Å². The molecule has 0 bridgehead atoms. The lowest BCUT2D eigenvalue weighted by Crippen LogP contribution is -1.85. The Morgan fingerprint density at radius 1 is 0.619 bits per heavy atom. The number of hydrogen-bond donors (Lipinski definition) is 1. The van der Waals surface area contributed by atoms with Crippen molar-refractivity contribution < 1.29 is 5.11 Å². The van der Waals surface area contributed by atoms with Crippen LogP contribution in [0.25, 0.3) is 0 Å². The number of rotatable bonds is 16. The van der Waals surface area contributed by atoms with Crippen LogP contribution >= 0.6 is 0 Å². The lowest BCUT2D eigenvalue weighted by atomic mass is 10.0. The van der Waals surface area contributed by atoms with Gasteiger partial charge in [-0.15, -0.1) is 0 Å². The van der Waals surface area contributed by atoms with Gasteiger partial charge in [-0.05, 0) is 24.8 Å². The van der Waals surface area contributed by atoms with Gasteiger partial charge in [0.1, 0.15) is 0 Å². The van der Waals surface area contributed by atoms with Crippen LogP contribution in [-0.4, -0.2) is 5.11 Å². The van der Waals surface area contributed by atoms with Crippen molar-refractivity contribution in [3.8, 4) is 0 Å². The Balaban J connectivity index is 3.06. The van der Waals surface area contributed by atoms with Crippen LogP contribution in [0.1, 0.15) is 117 Å². The molecule has 0 unspecified atom stereocenters. The fourth-order valence-corrected chi connectivity index (χ4v) is 2.88. The molecule has 0 spiro atoms. The van der Waals surface area contributed by atoms with Crippen molar-refractivity contribution in [2.75, 3.05) is 0 Å². The Morgan fingerprint density at radius 3 is 1.33 bits per heavy atom. The van der Waals surface area contributed by atoms with E-state index in [0.717, 1.165) is 12.8 Å². The standard InChI is InChI=1S/C20H40O/c1-3-5-6-7-8-9-10-11-12-13-14-15-16-17-18-20(4-2)19-21/h19,21H,3-18H2,1-2H3. The van der Waals surface area contributed by atoms with Crippen LogP contribution < -0.4 is 0 Å². The lowest BCUT2D eigenvalue weighted by molar-refractivity contribution is 0.459. The molecule has 0 saturated heterocycles.